The number of hydrogen-bond donors (Lipinski definition) is 1. The minimum absolute atomic E-state index is 0.102. The van der Waals surface area contributed by atoms with Crippen LogP contribution in [0.3, 0.4) is 0 Å². The molecule has 0 bridgehead atoms. The summed E-state index contributed by atoms with van der Waals surface area (Å²) < 4.78 is 18.5. The van der Waals surface area contributed by atoms with E-state index in [1.165, 1.54) is 13.0 Å². The highest BCUT2D eigenvalue weighted by Gasteiger charge is 2.18. The Kier molecular flexibility index (Phi) is 6.54. The fourth-order valence-corrected chi connectivity index (χ4v) is 2.58. The van der Waals surface area contributed by atoms with Gasteiger partial charge in [-0.25, -0.2) is 4.39 Å². The molecule has 0 aliphatic carbocycles. The van der Waals surface area contributed by atoms with Gasteiger partial charge in [0.15, 0.2) is 6.10 Å². The average molecular weight is 358 g/mol. The number of carbonyl (C=O) groups is 2. The zero-order valence-corrected chi connectivity index (χ0v) is 14.2. The Balaban J connectivity index is 1.82. The number of anilines is 1. The topological polar surface area (TPSA) is 79.2 Å². The lowest BCUT2D eigenvalue weighted by molar-refractivity contribution is -0.150. The molecule has 0 unspecified atom stereocenters. The van der Waals surface area contributed by atoms with Crippen molar-refractivity contribution in [3.8, 4) is 6.07 Å². The van der Waals surface area contributed by atoms with Gasteiger partial charge in [0.25, 0.3) is 5.91 Å². The van der Waals surface area contributed by atoms with Gasteiger partial charge >= 0.3 is 5.97 Å². The summed E-state index contributed by atoms with van der Waals surface area (Å²) in [5.74, 6) is -1.62. The molecule has 128 valence electrons. The first-order valence-corrected chi connectivity index (χ1v) is 8.36. The fraction of sp³-hybridized carbons (Fsp3) is 0.167. The van der Waals surface area contributed by atoms with E-state index in [1.54, 1.807) is 42.5 Å². The third-order valence-corrected chi connectivity index (χ3v) is 4.16. The quantitative estimate of drug-likeness (QED) is 0.633. The van der Waals surface area contributed by atoms with Crippen molar-refractivity contribution in [3.63, 3.8) is 0 Å². The number of nitriles is 1. The van der Waals surface area contributed by atoms with Crippen LogP contribution in [0.25, 0.3) is 0 Å². The lowest BCUT2D eigenvalue weighted by atomic mass is 10.2. The number of hydrogen-bond acceptors (Lipinski definition) is 5. The summed E-state index contributed by atoms with van der Waals surface area (Å²) in [6.07, 6.45) is -0.996. The molecule has 1 amide bonds. The first-order valence-electron chi connectivity index (χ1n) is 7.37. The van der Waals surface area contributed by atoms with Crippen LogP contribution in [0.2, 0.25) is 0 Å². The Labute approximate surface area is 148 Å². The monoisotopic (exact) mass is 358 g/mol. The first-order chi connectivity index (χ1) is 12.0. The number of esters is 1. The summed E-state index contributed by atoms with van der Waals surface area (Å²) in [5, 5.41) is 11.3. The number of thioether (sulfide) groups is 1. The number of rotatable bonds is 6. The van der Waals surface area contributed by atoms with Gasteiger partial charge in [0.2, 0.25) is 0 Å². The Morgan fingerprint density at radius 1 is 1.24 bits per heavy atom. The van der Waals surface area contributed by atoms with Crippen LogP contribution in [-0.2, 0) is 14.3 Å². The molecule has 0 spiro atoms. The zero-order valence-electron chi connectivity index (χ0n) is 13.4. The minimum atomic E-state index is -0.996. The molecule has 0 saturated heterocycles. The number of ether oxygens (including phenoxy) is 1. The third-order valence-electron chi connectivity index (χ3n) is 3.14. The molecule has 0 aliphatic heterocycles. The summed E-state index contributed by atoms with van der Waals surface area (Å²) in [6, 6.07) is 14.4. The molecule has 2 aromatic carbocycles. The zero-order chi connectivity index (χ0) is 18.2. The fourth-order valence-electron chi connectivity index (χ4n) is 1.86. The Hall–Kier alpha value is -2.85. The number of halogens is 1. The van der Waals surface area contributed by atoms with E-state index < -0.39 is 23.8 Å². The van der Waals surface area contributed by atoms with Crippen molar-refractivity contribution in [1.29, 1.82) is 5.26 Å². The van der Waals surface area contributed by atoms with Gasteiger partial charge in [-0.05, 0) is 43.3 Å². The van der Waals surface area contributed by atoms with Crippen LogP contribution in [0.5, 0.6) is 0 Å². The van der Waals surface area contributed by atoms with E-state index in [2.05, 4.69) is 5.32 Å². The molecule has 0 saturated carbocycles. The van der Waals surface area contributed by atoms with Crippen molar-refractivity contribution in [2.24, 2.45) is 0 Å². The van der Waals surface area contributed by atoms with E-state index in [4.69, 9.17) is 10.00 Å². The average Bonchev–Trinajstić information content (AvgIpc) is 2.61. The van der Waals surface area contributed by atoms with Crippen molar-refractivity contribution in [2.45, 2.75) is 17.9 Å². The van der Waals surface area contributed by atoms with Crippen molar-refractivity contribution in [3.05, 3.63) is 59.9 Å². The second kappa shape index (κ2) is 8.85. The Morgan fingerprint density at radius 3 is 2.56 bits per heavy atom. The lowest BCUT2D eigenvalue weighted by Gasteiger charge is -2.13. The van der Waals surface area contributed by atoms with Crippen molar-refractivity contribution in [2.75, 3.05) is 11.1 Å². The number of nitrogens with zero attached hydrogens (tertiary/aromatic N) is 1. The van der Waals surface area contributed by atoms with Gasteiger partial charge in [-0.1, -0.05) is 12.1 Å². The van der Waals surface area contributed by atoms with E-state index in [1.807, 2.05) is 6.07 Å². The molecular weight excluding hydrogens is 343 g/mol. The van der Waals surface area contributed by atoms with Gasteiger partial charge in [0.1, 0.15) is 5.82 Å². The van der Waals surface area contributed by atoms with Crippen molar-refractivity contribution < 1.29 is 18.7 Å². The highest BCUT2D eigenvalue weighted by atomic mass is 32.2. The van der Waals surface area contributed by atoms with Crippen LogP contribution >= 0.6 is 11.8 Å². The SMILES string of the molecule is C[C@H](OC(=O)CSc1ccccc1F)C(=O)Nc1ccc(C#N)cc1. The molecule has 2 rings (SSSR count). The van der Waals surface area contributed by atoms with Crippen LogP contribution in [-0.4, -0.2) is 23.7 Å². The second-order valence-electron chi connectivity index (χ2n) is 5.03. The van der Waals surface area contributed by atoms with Crippen LogP contribution in [0.15, 0.2) is 53.4 Å². The predicted octanol–water partition coefficient (Wildman–Crippen LogP) is 3.36. The molecule has 2 aromatic rings. The molecule has 25 heavy (non-hydrogen) atoms. The highest BCUT2D eigenvalue weighted by Crippen LogP contribution is 2.21. The molecule has 0 fully saturated rings. The first kappa shape index (κ1) is 18.5. The molecule has 0 radical (unpaired) electrons. The molecule has 5 nitrogen and oxygen atoms in total. The number of carbonyl (C=O) groups excluding carboxylic acids is 2. The van der Waals surface area contributed by atoms with Gasteiger partial charge in [0.05, 0.1) is 17.4 Å². The maximum Gasteiger partial charge on any atom is 0.317 e. The molecule has 0 aromatic heterocycles. The van der Waals surface area contributed by atoms with Crippen molar-refractivity contribution in [1.82, 2.24) is 0 Å². The summed E-state index contributed by atoms with van der Waals surface area (Å²) in [4.78, 5) is 24.1. The van der Waals surface area contributed by atoms with Crippen molar-refractivity contribution >= 4 is 29.3 Å². The van der Waals surface area contributed by atoms with Crippen LogP contribution in [0.1, 0.15) is 12.5 Å². The van der Waals surface area contributed by atoms with Gasteiger partial charge in [-0.2, -0.15) is 5.26 Å². The summed E-state index contributed by atoms with van der Waals surface area (Å²) in [7, 11) is 0. The number of benzene rings is 2. The predicted molar refractivity (Wildman–Crippen MR) is 92.5 cm³/mol. The Bertz CT molecular complexity index is 803. The maximum absolute atomic E-state index is 13.5. The number of nitrogens with one attached hydrogen (secondary N) is 1. The van der Waals surface area contributed by atoms with E-state index in [9.17, 15) is 14.0 Å². The molecule has 0 heterocycles. The van der Waals surface area contributed by atoms with Gasteiger partial charge in [0, 0.05) is 10.6 Å². The van der Waals surface area contributed by atoms with E-state index in [0.29, 0.717) is 16.1 Å². The Morgan fingerprint density at radius 2 is 1.92 bits per heavy atom. The third kappa shape index (κ3) is 5.62. The molecule has 0 aliphatic rings. The van der Waals surface area contributed by atoms with E-state index in [0.717, 1.165) is 11.8 Å². The lowest BCUT2D eigenvalue weighted by Crippen LogP contribution is -2.30. The normalized spacial score (nSPS) is 11.2. The highest BCUT2D eigenvalue weighted by molar-refractivity contribution is 8.00. The summed E-state index contributed by atoms with van der Waals surface area (Å²) in [5.41, 5.74) is 0.968. The standard InChI is InChI=1S/C18H15FN2O3S/c1-12(18(23)21-14-8-6-13(10-20)7-9-14)24-17(22)11-25-16-5-3-2-4-15(16)19/h2-9,12H,11H2,1H3,(H,21,23)/t12-/m0/s1. The van der Waals surface area contributed by atoms with Gasteiger partial charge in [-0.15, -0.1) is 11.8 Å². The molecule has 1 atom stereocenters. The molecular formula is C18H15FN2O3S. The number of amides is 1. The van der Waals surface area contributed by atoms with E-state index >= 15 is 0 Å². The van der Waals surface area contributed by atoms with E-state index in [-0.39, 0.29) is 5.75 Å². The maximum atomic E-state index is 13.5. The van der Waals surface area contributed by atoms with Crippen LogP contribution in [0.4, 0.5) is 10.1 Å². The minimum Gasteiger partial charge on any atom is -0.452 e. The second-order valence-corrected chi connectivity index (χ2v) is 6.05. The largest absolute Gasteiger partial charge is 0.452 e. The van der Waals surface area contributed by atoms with Crippen LogP contribution in [0, 0.1) is 17.1 Å². The summed E-state index contributed by atoms with van der Waals surface area (Å²) >= 11 is 1.01. The summed E-state index contributed by atoms with van der Waals surface area (Å²) in [6.45, 7) is 1.45. The smallest absolute Gasteiger partial charge is 0.317 e. The molecule has 7 heteroatoms. The van der Waals surface area contributed by atoms with Crippen LogP contribution < -0.4 is 5.32 Å². The molecule has 1 N–H and O–H groups in total. The van der Waals surface area contributed by atoms with Gasteiger partial charge in [-0.3, -0.25) is 9.59 Å². The van der Waals surface area contributed by atoms with Gasteiger partial charge < -0.3 is 10.1 Å².